The second-order valence-corrected chi connectivity index (χ2v) is 4.77. The van der Waals surface area contributed by atoms with Crippen LogP contribution in [0.5, 0.6) is 11.5 Å². The highest BCUT2D eigenvalue weighted by molar-refractivity contribution is 9.10. The molecule has 0 aliphatic heterocycles. The van der Waals surface area contributed by atoms with Crippen LogP contribution in [0.3, 0.4) is 0 Å². The van der Waals surface area contributed by atoms with Crippen LogP contribution in [-0.4, -0.2) is 7.05 Å². The van der Waals surface area contributed by atoms with Gasteiger partial charge in [0.15, 0.2) is 11.6 Å². The first kappa shape index (κ1) is 13.1. The van der Waals surface area contributed by atoms with Gasteiger partial charge >= 0.3 is 0 Å². The van der Waals surface area contributed by atoms with E-state index in [0.717, 1.165) is 12.1 Å². The maximum atomic E-state index is 13.6. The number of hydrogen-bond donors (Lipinski definition) is 1. The Kier molecular flexibility index (Phi) is 4.33. The minimum atomic E-state index is -0.386. The third-order valence-corrected chi connectivity index (χ3v) is 2.89. The van der Waals surface area contributed by atoms with Crippen LogP contribution in [0.4, 0.5) is 4.39 Å². The van der Waals surface area contributed by atoms with E-state index >= 15 is 0 Å². The first-order valence-electron chi connectivity index (χ1n) is 5.55. The van der Waals surface area contributed by atoms with Crippen LogP contribution in [0.2, 0.25) is 0 Å². The Morgan fingerprint density at radius 2 is 2.06 bits per heavy atom. The number of halogens is 2. The predicted molar refractivity (Wildman–Crippen MR) is 73.4 cm³/mol. The topological polar surface area (TPSA) is 21.3 Å². The van der Waals surface area contributed by atoms with E-state index in [1.165, 1.54) is 6.07 Å². The summed E-state index contributed by atoms with van der Waals surface area (Å²) in [4.78, 5) is 0. The maximum Gasteiger partial charge on any atom is 0.166 e. The molecule has 0 radical (unpaired) electrons. The van der Waals surface area contributed by atoms with Gasteiger partial charge in [0, 0.05) is 11.0 Å². The van der Waals surface area contributed by atoms with Crippen LogP contribution in [0, 0.1) is 5.82 Å². The molecule has 0 atom stereocenters. The van der Waals surface area contributed by atoms with E-state index in [-0.39, 0.29) is 11.6 Å². The Hall–Kier alpha value is -1.39. The molecule has 0 aromatic heterocycles. The van der Waals surface area contributed by atoms with E-state index in [0.29, 0.717) is 10.2 Å². The summed E-state index contributed by atoms with van der Waals surface area (Å²) in [5, 5.41) is 3.06. The van der Waals surface area contributed by atoms with Crippen molar-refractivity contribution in [2.45, 2.75) is 6.54 Å². The quantitative estimate of drug-likeness (QED) is 0.918. The average Bonchev–Trinajstić information content (AvgIpc) is 2.34. The van der Waals surface area contributed by atoms with E-state index in [4.69, 9.17) is 4.74 Å². The molecule has 0 fully saturated rings. The molecule has 1 N–H and O–H groups in total. The first-order chi connectivity index (χ1) is 8.69. The molecule has 0 saturated heterocycles. The molecule has 4 heteroatoms. The zero-order chi connectivity index (χ0) is 13.0. The fourth-order valence-corrected chi connectivity index (χ4v) is 1.94. The van der Waals surface area contributed by atoms with Gasteiger partial charge in [0.1, 0.15) is 5.75 Å². The highest BCUT2D eigenvalue weighted by Crippen LogP contribution is 2.27. The summed E-state index contributed by atoms with van der Waals surface area (Å²) in [6.07, 6.45) is 0. The van der Waals surface area contributed by atoms with Crippen molar-refractivity contribution in [1.82, 2.24) is 5.32 Å². The van der Waals surface area contributed by atoms with Gasteiger partial charge in [-0.05, 0) is 42.9 Å². The molecular formula is C14H13BrFNO. The monoisotopic (exact) mass is 309 g/mol. The van der Waals surface area contributed by atoms with E-state index in [9.17, 15) is 4.39 Å². The van der Waals surface area contributed by atoms with Gasteiger partial charge in [0.25, 0.3) is 0 Å². The van der Waals surface area contributed by atoms with Gasteiger partial charge in [-0.3, -0.25) is 0 Å². The van der Waals surface area contributed by atoms with Gasteiger partial charge in [0.2, 0.25) is 0 Å². The van der Waals surface area contributed by atoms with Crippen molar-refractivity contribution >= 4 is 15.9 Å². The normalized spacial score (nSPS) is 10.4. The van der Waals surface area contributed by atoms with Crippen molar-refractivity contribution in [3.05, 3.63) is 58.3 Å². The standard InChI is InChI=1S/C14H13BrFNO/c1-17-9-10-3-2-4-12(7-10)18-14-6-5-11(15)8-13(14)16/h2-8,17H,9H2,1H3. The largest absolute Gasteiger partial charge is 0.454 e. The van der Waals surface area contributed by atoms with Crippen LogP contribution in [0.1, 0.15) is 5.56 Å². The minimum Gasteiger partial charge on any atom is -0.454 e. The zero-order valence-electron chi connectivity index (χ0n) is 9.91. The minimum absolute atomic E-state index is 0.222. The number of rotatable bonds is 4. The van der Waals surface area contributed by atoms with Gasteiger partial charge in [-0.2, -0.15) is 0 Å². The average molecular weight is 310 g/mol. The Morgan fingerprint density at radius 1 is 1.22 bits per heavy atom. The van der Waals surface area contributed by atoms with Gasteiger partial charge in [-0.15, -0.1) is 0 Å². The molecule has 2 aromatic carbocycles. The van der Waals surface area contributed by atoms with Crippen LogP contribution < -0.4 is 10.1 Å². The molecule has 0 amide bonds. The second kappa shape index (κ2) is 5.98. The van der Waals surface area contributed by atoms with Gasteiger partial charge < -0.3 is 10.1 Å². The lowest BCUT2D eigenvalue weighted by Gasteiger charge is -2.08. The lowest BCUT2D eigenvalue weighted by Crippen LogP contribution is -2.04. The molecule has 0 heterocycles. The molecule has 0 unspecified atom stereocenters. The van der Waals surface area contributed by atoms with Crippen molar-refractivity contribution in [1.29, 1.82) is 0 Å². The molecule has 2 rings (SSSR count). The number of ether oxygens (including phenoxy) is 1. The van der Waals surface area contributed by atoms with E-state index in [1.807, 2.05) is 25.2 Å². The lowest BCUT2D eigenvalue weighted by molar-refractivity contribution is 0.441. The van der Waals surface area contributed by atoms with Crippen LogP contribution in [0.15, 0.2) is 46.9 Å². The molecular weight excluding hydrogens is 297 g/mol. The second-order valence-electron chi connectivity index (χ2n) is 3.85. The predicted octanol–water partition coefficient (Wildman–Crippen LogP) is 4.10. The summed E-state index contributed by atoms with van der Waals surface area (Å²) in [5.41, 5.74) is 1.09. The summed E-state index contributed by atoms with van der Waals surface area (Å²) < 4.78 is 19.8. The Labute approximate surface area is 114 Å². The highest BCUT2D eigenvalue weighted by Gasteiger charge is 2.05. The van der Waals surface area contributed by atoms with E-state index < -0.39 is 0 Å². The molecule has 0 bridgehead atoms. The zero-order valence-corrected chi connectivity index (χ0v) is 11.5. The van der Waals surface area contributed by atoms with Crippen molar-refractivity contribution in [2.75, 3.05) is 7.05 Å². The summed E-state index contributed by atoms with van der Waals surface area (Å²) in [7, 11) is 1.88. The Balaban J connectivity index is 2.20. The lowest BCUT2D eigenvalue weighted by atomic mass is 10.2. The van der Waals surface area contributed by atoms with E-state index in [2.05, 4.69) is 21.2 Å². The van der Waals surface area contributed by atoms with Crippen LogP contribution >= 0.6 is 15.9 Å². The van der Waals surface area contributed by atoms with Gasteiger partial charge in [-0.1, -0.05) is 28.1 Å². The fourth-order valence-electron chi connectivity index (χ4n) is 1.61. The van der Waals surface area contributed by atoms with E-state index in [1.54, 1.807) is 18.2 Å². The van der Waals surface area contributed by atoms with Crippen molar-refractivity contribution in [3.8, 4) is 11.5 Å². The number of nitrogens with one attached hydrogen (secondary N) is 1. The van der Waals surface area contributed by atoms with Crippen LogP contribution in [0.25, 0.3) is 0 Å². The highest BCUT2D eigenvalue weighted by atomic mass is 79.9. The van der Waals surface area contributed by atoms with Crippen LogP contribution in [-0.2, 0) is 6.54 Å². The molecule has 0 spiro atoms. The molecule has 18 heavy (non-hydrogen) atoms. The summed E-state index contributed by atoms with van der Waals surface area (Å²) in [5.74, 6) is 0.465. The summed E-state index contributed by atoms with van der Waals surface area (Å²) >= 11 is 3.21. The third kappa shape index (κ3) is 3.31. The molecule has 2 nitrogen and oxygen atoms in total. The SMILES string of the molecule is CNCc1cccc(Oc2ccc(Br)cc2F)c1. The first-order valence-corrected chi connectivity index (χ1v) is 6.35. The van der Waals surface area contributed by atoms with Crippen molar-refractivity contribution in [2.24, 2.45) is 0 Å². The van der Waals surface area contributed by atoms with Gasteiger partial charge in [0.05, 0.1) is 0 Å². The molecule has 2 aromatic rings. The van der Waals surface area contributed by atoms with Crippen molar-refractivity contribution < 1.29 is 9.13 Å². The molecule has 0 aliphatic rings. The third-order valence-electron chi connectivity index (χ3n) is 2.40. The maximum absolute atomic E-state index is 13.6. The smallest absolute Gasteiger partial charge is 0.166 e. The van der Waals surface area contributed by atoms with Gasteiger partial charge in [-0.25, -0.2) is 4.39 Å². The summed E-state index contributed by atoms with van der Waals surface area (Å²) in [6, 6.07) is 12.3. The molecule has 0 saturated carbocycles. The Bertz CT molecular complexity index is 545. The number of hydrogen-bond acceptors (Lipinski definition) is 2. The molecule has 94 valence electrons. The van der Waals surface area contributed by atoms with Crippen molar-refractivity contribution in [3.63, 3.8) is 0 Å². The molecule has 0 aliphatic carbocycles. The Morgan fingerprint density at radius 3 is 2.78 bits per heavy atom. The fraction of sp³-hybridized carbons (Fsp3) is 0.143. The number of benzene rings is 2. The summed E-state index contributed by atoms with van der Waals surface area (Å²) in [6.45, 7) is 0.750.